The second-order valence-corrected chi connectivity index (χ2v) is 8.28. The van der Waals surface area contributed by atoms with Gasteiger partial charge in [0.15, 0.2) is 6.10 Å². The van der Waals surface area contributed by atoms with Gasteiger partial charge in [0, 0.05) is 13.1 Å². The average molecular weight is 436 g/mol. The number of anilines is 1. The number of carbonyl (C=O) groups excluding carboxylic acids is 2. The van der Waals surface area contributed by atoms with E-state index >= 15 is 0 Å². The first-order valence-corrected chi connectivity index (χ1v) is 10.7. The van der Waals surface area contributed by atoms with Crippen LogP contribution in [0.1, 0.15) is 17.3 Å². The molecule has 1 atom stereocenters. The Hall–Kier alpha value is -2.98. The summed E-state index contributed by atoms with van der Waals surface area (Å²) in [4.78, 5) is 26.0. The van der Waals surface area contributed by atoms with Gasteiger partial charge in [0.05, 0.1) is 29.4 Å². The van der Waals surface area contributed by atoms with Crippen molar-refractivity contribution in [3.05, 3.63) is 59.9 Å². The van der Waals surface area contributed by atoms with Crippen molar-refractivity contribution in [3.8, 4) is 0 Å². The van der Waals surface area contributed by atoms with Gasteiger partial charge in [-0.25, -0.2) is 17.6 Å². The summed E-state index contributed by atoms with van der Waals surface area (Å²) in [5, 5.41) is 0. The third-order valence-corrected chi connectivity index (χ3v) is 5.85. The number of hydrogen-bond donors (Lipinski definition) is 1. The number of nitrogens with one attached hydrogen (secondary N) is 1. The van der Waals surface area contributed by atoms with E-state index in [4.69, 9.17) is 9.47 Å². The molecule has 1 aliphatic heterocycles. The predicted molar refractivity (Wildman–Crippen MR) is 106 cm³/mol. The molecule has 1 heterocycles. The summed E-state index contributed by atoms with van der Waals surface area (Å²) in [7, 11) is -4.04. The van der Waals surface area contributed by atoms with Gasteiger partial charge in [-0.3, -0.25) is 9.52 Å². The third kappa shape index (κ3) is 5.14. The number of ether oxygens (including phenoxy) is 2. The summed E-state index contributed by atoms with van der Waals surface area (Å²) < 4.78 is 51.1. The van der Waals surface area contributed by atoms with E-state index in [9.17, 15) is 22.4 Å². The maximum atomic E-state index is 13.7. The van der Waals surface area contributed by atoms with Gasteiger partial charge in [0.25, 0.3) is 15.9 Å². The minimum Gasteiger partial charge on any atom is -0.449 e. The van der Waals surface area contributed by atoms with E-state index < -0.39 is 27.9 Å². The maximum absolute atomic E-state index is 13.7. The quantitative estimate of drug-likeness (QED) is 0.696. The zero-order chi connectivity index (χ0) is 21.7. The molecular formula is C20H21FN2O6S. The van der Waals surface area contributed by atoms with Crippen molar-refractivity contribution >= 4 is 27.6 Å². The topological polar surface area (TPSA) is 102 Å². The van der Waals surface area contributed by atoms with E-state index in [1.165, 1.54) is 49.4 Å². The first-order valence-electron chi connectivity index (χ1n) is 9.23. The molecule has 0 saturated carbocycles. The molecule has 0 spiro atoms. The van der Waals surface area contributed by atoms with Gasteiger partial charge in [-0.15, -0.1) is 0 Å². The van der Waals surface area contributed by atoms with E-state index in [-0.39, 0.29) is 22.1 Å². The molecule has 30 heavy (non-hydrogen) atoms. The van der Waals surface area contributed by atoms with Gasteiger partial charge in [0.1, 0.15) is 5.82 Å². The number of sulfonamides is 1. The molecule has 1 N–H and O–H groups in total. The van der Waals surface area contributed by atoms with E-state index in [1.54, 1.807) is 4.90 Å². The molecule has 8 nitrogen and oxygen atoms in total. The highest BCUT2D eigenvalue weighted by molar-refractivity contribution is 7.92. The molecule has 160 valence electrons. The van der Waals surface area contributed by atoms with Crippen LogP contribution >= 0.6 is 0 Å². The van der Waals surface area contributed by atoms with E-state index in [1.807, 2.05) is 0 Å². The number of hydrogen-bond acceptors (Lipinski definition) is 6. The Bertz CT molecular complexity index is 1020. The molecule has 0 radical (unpaired) electrons. The number of nitrogens with zero attached hydrogens (tertiary/aromatic N) is 1. The van der Waals surface area contributed by atoms with Crippen molar-refractivity contribution in [3.63, 3.8) is 0 Å². The molecular weight excluding hydrogens is 415 g/mol. The largest absolute Gasteiger partial charge is 0.449 e. The van der Waals surface area contributed by atoms with Crippen LogP contribution < -0.4 is 4.72 Å². The minimum atomic E-state index is -4.04. The van der Waals surface area contributed by atoms with Gasteiger partial charge in [-0.2, -0.15) is 0 Å². The Kier molecular flexibility index (Phi) is 6.68. The summed E-state index contributed by atoms with van der Waals surface area (Å²) in [5.41, 5.74) is -0.0992. The van der Waals surface area contributed by atoms with Crippen molar-refractivity contribution in [1.29, 1.82) is 0 Å². The fourth-order valence-electron chi connectivity index (χ4n) is 2.84. The second-order valence-electron chi connectivity index (χ2n) is 6.59. The molecule has 2 aromatic rings. The molecule has 2 aromatic carbocycles. The smallest absolute Gasteiger partial charge is 0.338 e. The number of para-hydroxylation sites is 1. The molecule has 1 amide bonds. The van der Waals surface area contributed by atoms with Crippen LogP contribution in [0.15, 0.2) is 53.4 Å². The van der Waals surface area contributed by atoms with Gasteiger partial charge in [-0.1, -0.05) is 12.1 Å². The van der Waals surface area contributed by atoms with Crippen molar-refractivity contribution in [2.75, 3.05) is 31.0 Å². The van der Waals surface area contributed by atoms with Crippen LogP contribution in [0.5, 0.6) is 0 Å². The van der Waals surface area contributed by atoms with Crippen LogP contribution in [-0.4, -0.2) is 57.6 Å². The van der Waals surface area contributed by atoms with Crippen molar-refractivity contribution in [2.24, 2.45) is 0 Å². The Morgan fingerprint density at radius 3 is 2.37 bits per heavy atom. The number of esters is 1. The molecule has 3 rings (SSSR count). The van der Waals surface area contributed by atoms with Crippen LogP contribution in [0.25, 0.3) is 0 Å². The first-order chi connectivity index (χ1) is 14.3. The standard InChI is InChI=1S/C20H21FN2O6S/c1-14(19(24)23-10-12-28-13-11-23)29-20(25)15-6-8-16(9-7-15)30(26,27)22-18-5-3-2-4-17(18)21/h2-9,14,22H,10-13H2,1H3. The molecule has 0 aliphatic carbocycles. The lowest BCUT2D eigenvalue weighted by atomic mass is 10.2. The summed E-state index contributed by atoms with van der Waals surface area (Å²) >= 11 is 0. The van der Waals surface area contributed by atoms with Crippen molar-refractivity contribution in [1.82, 2.24) is 4.90 Å². The SMILES string of the molecule is CC(OC(=O)c1ccc(S(=O)(=O)Nc2ccccc2F)cc1)C(=O)N1CCOCC1. The fraction of sp³-hybridized carbons (Fsp3) is 0.300. The van der Waals surface area contributed by atoms with E-state index in [0.29, 0.717) is 26.3 Å². The number of rotatable bonds is 6. The third-order valence-electron chi connectivity index (χ3n) is 4.47. The van der Waals surface area contributed by atoms with Crippen LogP contribution in [0.3, 0.4) is 0 Å². The lowest BCUT2D eigenvalue weighted by molar-refractivity contribution is -0.143. The lowest BCUT2D eigenvalue weighted by Crippen LogP contribution is -2.46. The minimum absolute atomic E-state index is 0.0847. The summed E-state index contributed by atoms with van der Waals surface area (Å²) in [6.07, 6.45) is -0.985. The van der Waals surface area contributed by atoms with E-state index in [0.717, 1.165) is 6.07 Å². The summed E-state index contributed by atoms with van der Waals surface area (Å²) in [5.74, 6) is -1.78. The van der Waals surface area contributed by atoms with Gasteiger partial charge >= 0.3 is 5.97 Å². The Labute approximate surface area is 173 Å². The molecule has 0 bridgehead atoms. The second kappa shape index (κ2) is 9.23. The highest BCUT2D eigenvalue weighted by atomic mass is 32.2. The first kappa shape index (κ1) is 21.7. The number of halogens is 1. The van der Waals surface area contributed by atoms with E-state index in [2.05, 4.69) is 4.72 Å². The Balaban J connectivity index is 1.65. The number of morpholine rings is 1. The van der Waals surface area contributed by atoms with Gasteiger partial charge < -0.3 is 14.4 Å². The van der Waals surface area contributed by atoms with Crippen molar-refractivity contribution in [2.45, 2.75) is 17.9 Å². The van der Waals surface area contributed by atoms with Crippen LogP contribution in [0.4, 0.5) is 10.1 Å². The molecule has 0 aromatic heterocycles. The fourth-order valence-corrected chi connectivity index (χ4v) is 3.90. The predicted octanol–water partition coefficient (Wildman–Crippen LogP) is 2.03. The highest BCUT2D eigenvalue weighted by Crippen LogP contribution is 2.19. The van der Waals surface area contributed by atoms with Crippen LogP contribution in [0.2, 0.25) is 0 Å². The average Bonchev–Trinajstić information content (AvgIpc) is 2.75. The van der Waals surface area contributed by atoms with Crippen molar-refractivity contribution < 1.29 is 31.9 Å². The molecule has 1 unspecified atom stereocenters. The summed E-state index contributed by atoms with van der Waals surface area (Å²) in [6.45, 7) is 3.21. The van der Waals surface area contributed by atoms with Gasteiger partial charge in [-0.05, 0) is 43.3 Å². The zero-order valence-corrected chi connectivity index (χ0v) is 17.0. The number of carbonyl (C=O) groups is 2. The Morgan fingerprint density at radius 2 is 1.73 bits per heavy atom. The maximum Gasteiger partial charge on any atom is 0.338 e. The molecule has 10 heteroatoms. The molecule has 1 saturated heterocycles. The Morgan fingerprint density at radius 1 is 1.10 bits per heavy atom. The summed E-state index contributed by atoms with van der Waals surface area (Å²) in [6, 6.07) is 10.3. The highest BCUT2D eigenvalue weighted by Gasteiger charge is 2.26. The molecule has 1 aliphatic rings. The van der Waals surface area contributed by atoms with Crippen LogP contribution in [0, 0.1) is 5.82 Å². The monoisotopic (exact) mass is 436 g/mol. The normalized spacial score (nSPS) is 15.3. The number of benzene rings is 2. The molecule has 1 fully saturated rings. The van der Waals surface area contributed by atoms with Crippen LogP contribution in [-0.2, 0) is 24.3 Å². The zero-order valence-electron chi connectivity index (χ0n) is 16.2. The lowest BCUT2D eigenvalue weighted by Gasteiger charge is -2.28. The number of amides is 1. The van der Waals surface area contributed by atoms with Gasteiger partial charge in [0.2, 0.25) is 0 Å².